The molecule has 0 saturated carbocycles. The Bertz CT molecular complexity index is 269. The maximum Gasteiger partial charge on any atom is 0.153 e. The van der Waals surface area contributed by atoms with E-state index < -0.39 is 0 Å². The third-order valence-corrected chi connectivity index (χ3v) is 3.32. The molecule has 1 rings (SSSR count). The third-order valence-electron chi connectivity index (χ3n) is 2.12. The summed E-state index contributed by atoms with van der Waals surface area (Å²) in [6.45, 7) is 0. The van der Waals surface area contributed by atoms with Crippen molar-refractivity contribution in [2.75, 3.05) is 19.1 Å². The van der Waals surface area contributed by atoms with E-state index in [1.165, 1.54) is 0 Å². The molecule has 1 atom stereocenters. The summed E-state index contributed by atoms with van der Waals surface area (Å²) in [5.41, 5.74) is 1.11. The fourth-order valence-corrected chi connectivity index (χ4v) is 2.44. The molecule has 1 unspecified atom stereocenters. The zero-order valence-electron chi connectivity index (χ0n) is 8.62. The van der Waals surface area contributed by atoms with Crippen LogP contribution in [0.15, 0.2) is 4.60 Å². The molecule has 0 fully saturated rings. The Balaban J connectivity index is 2.77. The number of rotatable bonds is 5. The molecule has 0 aliphatic heterocycles. The van der Waals surface area contributed by atoms with E-state index in [1.807, 2.05) is 30.5 Å². The van der Waals surface area contributed by atoms with Crippen LogP contribution in [0.1, 0.15) is 18.2 Å². The molecular formula is C8H15BrN4S. The third kappa shape index (κ3) is 2.71. The van der Waals surface area contributed by atoms with Gasteiger partial charge in [-0.1, -0.05) is 5.21 Å². The number of nitrogens with one attached hydrogen (secondary N) is 1. The second-order valence-electron chi connectivity index (χ2n) is 3.01. The standard InChI is InChI=1S/C8H15BrN4S/c1-10-6(4-5-14-3)7-8(9)11-12-13(7)2/h6,10H,4-5H2,1-3H3. The fraction of sp³-hybridized carbons (Fsp3) is 0.750. The number of hydrogen-bond acceptors (Lipinski definition) is 4. The van der Waals surface area contributed by atoms with Crippen molar-refractivity contribution in [3.8, 4) is 0 Å². The molecule has 0 amide bonds. The normalized spacial score (nSPS) is 13.1. The monoisotopic (exact) mass is 278 g/mol. The molecule has 1 heterocycles. The van der Waals surface area contributed by atoms with Gasteiger partial charge in [-0.05, 0) is 41.4 Å². The van der Waals surface area contributed by atoms with E-state index in [0.717, 1.165) is 22.5 Å². The van der Waals surface area contributed by atoms with Crippen LogP contribution >= 0.6 is 27.7 Å². The van der Waals surface area contributed by atoms with Gasteiger partial charge in [0.15, 0.2) is 4.60 Å². The second kappa shape index (κ2) is 5.72. The highest BCUT2D eigenvalue weighted by atomic mass is 79.9. The topological polar surface area (TPSA) is 42.7 Å². The van der Waals surface area contributed by atoms with Crippen molar-refractivity contribution in [2.24, 2.45) is 7.05 Å². The van der Waals surface area contributed by atoms with E-state index in [4.69, 9.17) is 0 Å². The van der Waals surface area contributed by atoms with E-state index >= 15 is 0 Å². The lowest BCUT2D eigenvalue weighted by atomic mass is 10.2. The first-order valence-corrected chi connectivity index (χ1v) is 6.60. The van der Waals surface area contributed by atoms with Gasteiger partial charge in [0, 0.05) is 7.05 Å². The zero-order valence-corrected chi connectivity index (χ0v) is 11.0. The van der Waals surface area contributed by atoms with Gasteiger partial charge in [0.2, 0.25) is 0 Å². The molecule has 1 N–H and O–H groups in total. The largest absolute Gasteiger partial charge is 0.312 e. The first-order chi connectivity index (χ1) is 6.70. The average Bonchev–Trinajstić information content (AvgIpc) is 2.50. The minimum atomic E-state index is 0.317. The minimum Gasteiger partial charge on any atom is -0.312 e. The van der Waals surface area contributed by atoms with Crippen molar-refractivity contribution in [1.29, 1.82) is 0 Å². The summed E-state index contributed by atoms with van der Waals surface area (Å²) in [4.78, 5) is 0. The Hall–Kier alpha value is -0.0700. The maximum atomic E-state index is 3.98. The summed E-state index contributed by atoms with van der Waals surface area (Å²) >= 11 is 5.26. The van der Waals surface area contributed by atoms with E-state index in [9.17, 15) is 0 Å². The van der Waals surface area contributed by atoms with E-state index in [1.54, 1.807) is 0 Å². The van der Waals surface area contributed by atoms with Crippen molar-refractivity contribution in [2.45, 2.75) is 12.5 Å². The van der Waals surface area contributed by atoms with Crippen molar-refractivity contribution >= 4 is 27.7 Å². The quantitative estimate of drug-likeness (QED) is 0.889. The fourth-order valence-electron chi connectivity index (χ4n) is 1.36. The molecule has 0 spiro atoms. The first-order valence-electron chi connectivity index (χ1n) is 4.42. The predicted octanol–water partition coefficient (Wildman–Crippen LogP) is 1.59. The molecule has 80 valence electrons. The highest BCUT2D eigenvalue weighted by Gasteiger charge is 2.17. The molecule has 1 aromatic rings. The molecule has 0 saturated heterocycles. The summed E-state index contributed by atoms with van der Waals surface area (Å²) in [6, 6.07) is 0.317. The molecule has 6 heteroatoms. The Labute approximate surface area is 97.0 Å². The van der Waals surface area contributed by atoms with Gasteiger partial charge in [0.25, 0.3) is 0 Å². The number of aromatic nitrogens is 3. The van der Waals surface area contributed by atoms with Crippen molar-refractivity contribution < 1.29 is 0 Å². The summed E-state index contributed by atoms with van der Waals surface area (Å²) in [7, 11) is 3.88. The summed E-state index contributed by atoms with van der Waals surface area (Å²) in [6.07, 6.45) is 3.20. The van der Waals surface area contributed by atoms with Crippen LogP contribution in [-0.2, 0) is 7.05 Å². The van der Waals surface area contributed by atoms with Crippen LogP contribution in [0.3, 0.4) is 0 Å². The van der Waals surface area contributed by atoms with Gasteiger partial charge >= 0.3 is 0 Å². The molecule has 14 heavy (non-hydrogen) atoms. The summed E-state index contributed by atoms with van der Waals surface area (Å²) < 4.78 is 2.64. The van der Waals surface area contributed by atoms with Gasteiger partial charge in [0.05, 0.1) is 11.7 Å². The lowest BCUT2D eigenvalue weighted by molar-refractivity contribution is 0.526. The molecule has 4 nitrogen and oxygen atoms in total. The van der Waals surface area contributed by atoms with Gasteiger partial charge in [-0.15, -0.1) is 5.10 Å². The molecule has 0 aliphatic rings. The van der Waals surface area contributed by atoms with Crippen LogP contribution in [-0.4, -0.2) is 34.1 Å². The molecule has 0 radical (unpaired) electrons. The average molecular weight is 279 g/mol. The van der Waals surface area contributed by atoms with Gasteiger partial charge in [0.1, 0.15) is 0 Å². The van der Waals surface area contributed by atoms with E-state index in [0.29, 0.717) is 6.04 Å². The Kier molecular flexibility index (Phi) is 4.91. The minimum absolute atomic E-state index is 0.317. The van der Waals surface area contributed by atoms with Gasteiger partial charge in [-0.3, -0.25) is 0 Å². The molecule has 0 bridgehead atoms. The predicted molar refractivity (Wildman–Crippen MR) is 63.5 cm³/mol. The van der Waals surface area contributed by atoms with Crippen LogP contribution in [0.5, 0.6) is 0 Å². The number of aryl methyl sites for hydroxylation is 1. The number of thioether (sulfide) groups is 1. The zero-order chi connectivity index (χ0) is 10.6. The Morgan fingerprint density at radius 3 is 2.79 bits per heavy atom. The van der Waals surface area contributed by atoms with Crippen molar-refractivity contribution in [3.05, 3.63) is 10.3 Å². The lowest BCUT2D eigenvalue weighted by Gasteiger charge is -2.15. The van der Waals surface area contributed by atoms with Crippen LogP contribution in [0.4, 0.5) is 0 Å². The SMILES string of the molecule is CNC(CCSC)c1c(Br)nnn1C. The lowest BCUT2D eigenvalue weighted by Crippen LogP contribution is -2.20. The van der Waals surface area contributed by atoms with Gasteiger partial charge in [-0.2, -0.15) is 11.8 Å². The van der Waals surface area contributed by atoms with Crippen LogP contribution < -0.4 is 5.32 Å². The molecular weight excluding hydrogens is 264 g/mol. The highest BCUT2D eigenvalue weighted by Crippen LogP contribution is 2.23. The summed E-state index contributed by atoms with van der Waals surface area (Å²) in [5.74, 6) is 1.13. The number of hydrogen-bond donors (Lipinski definition) is 1. The molecule has 1 aromatic heterocycles. The highest BCUT2D eigenvalue weighted by molar-refractivity contribution is 9.10. The van der Waals surface area contributed by atoms with E-state index in [2.05, 4.69) is 37.8 Å². The van der Waals surface area contributed by atoms with Gasteiger partial charge in [-0.25, -0.2) is 4.68 Å². The molecule has 0 aromatic carbocycles. The number of nitrogens with zero attached hydrogens (tertiary/aromatic N) is 3. The molecule has 0 aliphatic carbocycles. The van der Waals surface area contributed by atoms with E-state index in [-0.39, 0.29) is 0 Å². The van der Waals surface area contributed by atoms with Crippen LogP contribution in [0.2, 0.25) is 0 Å². The van der Waals surface area contributed by atoms with Crippen molar-refractivity contribution in [1.82, 2.24) is 20.3 Å². The number of halogens is 1. The second-order valence-corrected chi connectivity index (χ2v) is 4.75. The Morgan fingerprint density at radius 2 is 2.36 bits per heavy atom. The van der Waals surface area contributed by atoms with Crippen LogP contribution in [0, 0.1) is 0 Å². The van der Waals surface area contributed by atoms with Gasteiger partial charge < -0.3 is 5.32 Å². The summed E-state index contributed by atoms with van der Waals surface area (Å²) in [5, 5.41) is 11.2. The van der Waals surface area contributed by atoms with Crippen molar-refractivity contribution in [3.63, 3.8) is 0 Å². The van der Waals surface area contributed by atoms with Crippen LogP contribution in [0.25, 0.3) is 0 Å². The Morgan fingerprint density at radius 1 is 1.64 bits per heavy atom. The first kappa shape index (κ1) is 12.0. The smallest absolute Gasteiger partial charge is 0.153 e. The maximum absolute atomic E-state index is 3.98.